The average Bonchev–Trinajstić information content (AvgIpc) is 2.94. The third-order valence-electron chi connectivity index (χ3n) is 4.16. The van der Waals surface area contributed by atoms with E-state index in [9.17, 15) is 4.79 Å². The molecule has 3 unspecified atom stereocenters. The Balaban J connectivity index is 1.94. The Morgan fingerprint density at radius 1 is 1.47 bits per heavy atom. The van der Waals surface area contributed by atoms with Gasteiger partial charge in [0.25, 0.3) is 0 Å². The predicted molar refractivity (Wildman–Crippen MR) is 75.1 cm³/mol. The van der Waals surface area contributed by atoms with E-state index in [4.69, 9.17) is 4.84 Å². The number of nitrogens with zero attached hydrogens (tertiary/aromatic N) is 2. The monoisotopic (exact) mass is 267 g/mol. The van der Waals surface area contributed by atoms with Gasteiger partial charge in [-0.1, -0.05) is 12.1 Å². The van der Waals surface area contributed by atoms with E-state index in [1.165, 1.54) is 19.3 Å². The Bertz CT molecular complexity index is 355. The Kier molecular flexibility index (Phi) is 4.80. The summed E-state index contributed by atoms with van der Waals surface area (Å²) in [4.78, 5) is 18.6. The number of amides is 1. The minimum Gasteiger partial charge on any atom is -0.320 e. The topological polar surface area (TPSA) is 53.9 Å². The summed E-state index contributed by atoms with van der Waals surface area (Å²) in [5, 5.41) is 6.85. The number of carbonyl (C=O) groups excluding carboxylic acids is 1. The van der Waals surface area contributed by atoms with Crippen molar-refractivity contribution in [3.8, 4) is 0 Å². The predicted octanol–water partition coefficient (Wildman–Crippen LogP) is 2.09. The second-order valence-electron chi connectivity index (χ2n) is 5.96. The van der Waals surface area contributed by atoms with Crippen LogP contribution in [0.1, 0.15) is 32.6 Å². The van der Waals surface area contributed by atoms with Crippen LogP contribution >= 0.6 is 0 Å². The number of hydrogen-bond donors (Lipinski definition) is 1. The molecule has 108 valence electrons. The van der Waals surface area contributed by atoms with Gasteiger partial charge in [0, 0.05) is 24.9 Å². The molecule has 0 aliphatic heterocycles. The summed E-state index contributed by atoms with van der Waals surface area (Å²) < 4.78 is 0. The Morgan fingerprint density at radius 3 is 2.95 bits per heavy atom. The molecule has 2 aliphatic carbocycles. The van der Waals surface area contributed by atoms with Crippen molar-refractivity contribution in [3.63, 3.8) is 0 Å². The van der Waals surface area contributed by atoms with Crippen LogP contribution in [0, 0.1) is 17.8 Å². The molecule has 0 heterocycles. The molecule has 5 heteroatoms. The van der Waals surface area contributed by atoms with E-state index >= 15 is 0 Å². The van der Waals surface area contributed by atoms with E-state index in [2.05, 4.69) is 29.5 Å². The van der Waals surface area contributed by atoms with Gasteiger partial charge in [0.2, 0.25) is 0 Å². The third kappa shape index (κ3) is 3.47. The molecule has 2 bridgehead atoms. The largest absolute Gasteiger partial charge is 0.433 e. The number of rotatable bonds is 5. The maximum Gasteiger partial charge on any atom is 0.433 e. The first-order valence-corrected chi connectivity index (χ1v) is 7.29. The normalized spacial score (nSPS) is 31.2. The molecule has 19 heavy (non-hydrogen) atoms. The zero-order valence-corrected chi connectivity index (χ0v) is 12.2. The fraction of sp³-hybridized carbons (Fsp3) is 0.857. The lowest BCUT2D eigenvalue weighted by Crippen LogP contribution is -2.33. The second kappa shape index (κ2) is 6.37. The number of oxime groups is 1. The quantitative estimate of drug-likeness (QED) is 0.613. The van der Waals surface area contributed by atoms with Crippen LogP contribution in [0.4, 0.5) is 4.79 Å². The molecule has 0 radical (unpaired) electrons. The number of carbonyl (C=O) groups is 1. The van der Waals surface area contributed by atoms with Crippen molar-refractivity contribution in [1.82, 2.24) is 10.2 Å². The van der Waals surface area contributed by atoms with E-state index in [1.807, 2.05) is 6.92 Å². The van der Waals surface area contributed by atoms with Gasteiger partial charge in [-0.3, -0.25) is 4.84 Å². The van der Waals surface area contributed by atoms with Gasteiger partial charge >= 0.3 is 6.09 Å². The Morgan fingerprint density at radius 2 is 2.26 bits per heavy atom. The van der Waals surface area contributed by atoms with Gasteiger partial charge in [-0.25, -0.2) is 4.79 Å². The molecule has 3 atom stereocenters. The van der Waals surface area contributed by atoms with Crippen molar-refractivity contribution in [2.24, 2.45) is 22.9 Å². The summed E-state index contributed by atoms with van der Waals surface area (Å²) in [7, 11) is 4.16. The van der Waals surface area contributed by atoms with Crippen LogP contribution in [0.2, 0.25) is 0 Å². The highest BCUT2D eigenvalue weighted by Crippen LogP contribution is 2.46. The molecule has 2 rings (SSSR count). The SMILES string of the molecule is CCCNC(=O)O/N=C1\C2CCC(C2)C1CN(C)C. The van der Waals surface area contributed by atoms with Gasteiger partial charge in [0.15, 0.2) is 0 Å². The first kappa shape index (κ1) is 14.3. The van der Waals surface area contributed by atoms with Gasteiger partial charge in [-0.15, -0.1) is 0 Å². The van der Waals surface area contributed by atoms with Crippen LogP contribution in [-0.2, 0) is 4.84 Å². The maximum atomic E-state index is 11.4. The van der Waals surface area contributed by atoms with E-state index in [0.717, 1.165) is 24.6 Å². The van der Waals surface area contributed by atoms with Gasteiger partial charge in [-0.05, 0) is 45.7 Å². The summed E-state index contributed by atoms with van der Waals surface area (Å²) in [6, 6.07) is 0. The van der Waals surface area contributed by atoms with Crippen molar-refractivity contribution >= 4 is 11.8 Å². The second-order valence-corrected chi connectivity index (χ2v) is 5.96. The smallest absolute Gasteiger partial charge is 0.320 e. The van der Waals surface area contributed by atoms with Crippen LogP contribution in [-0.4, -0.2) is 43.9 Å². The molecule has 2 fully saturated rings. The molecular weight excluding hydrogens is 242 g/mol. The first-order chi connectivity index (χ1) is 9.11. The van der Waals surface area contributed by atoms with Crippen LogP contribution in [0.25, 0.3) is 0 Å². The van der Waals surface area contributed by atoms with Gasteiger partial charge in [-0.2, -0.15) is 0 Å². The summed E-state index contributed by atoms with van der Waals surface area (Å²) in [6.07, 6.45) is 4.19. The van der Waals surface area contributed by atoms with E-state index in [-0.39, 0.29) is 0 Å². The van der Waals surface area contributed by atoms with Gasteiger partial charge in [0.05, 0.1) is 5.71 Å². The molecule has 0 aromatic rings. The highest BCUT2D eigenvalue weighted by molar-refractivity contribution is 5.92. The highest BCUT2D eigenvalue weighted by Gasteiger charge is 2.45. The van der Waals surface area contributed by atoms with Gasteiger partial charge in [0.1, 0.15) is 0 Å². The lowest BCUT2D eigenvalue weighted by Gasteiger charge is -2.25. The minimum atomic E-state index is -0.430. The maximum absolute atomic E-state index is 11.4. The number of fused-ring (bicyclic) bond motifs is 2. The van der Waals surface area contributed by atoms with Crippen molar-refractivity contribution in [1.29, 1.82) is 0 Å². The molecule has 1 amide bonds. The van der Waals surface area contributed by atoms with Crippen molar-refractivity contribution < 1.29 is 9.63 Å². The molecule has 5 nitrogen and oxygen atoms in total. The molecule has 0 spiro atoms. The van der Waals surface area contributed by atoms with Crippen LogP contribution in [0.5, 0.6) is 0 Å². The van der Waals surface area contributed by atoms with Crippen LogP contribution in [0.15, 0.2) is 5.16 Å². The third-order valence-corrected chi connectivity index (χ3v) is 4.16. The van der Waals surface area contributed by atoms with E-state index in [1.54, 1.807) is 0 Å². The highest BCUT2D eigenvalue weighted by atomic mass is 16.7. The van der Waals surface area contributed by atoms with Gasteiger partial charge < -0.3 is 10.2 Å². The van der Waals surface area contributed by atoms with Crippen molar-refractivity contribution in [2.45, 2.75) is 32.6 Å². The summed E-state index contributed by atoms with van der Waals surface area (Å²) >= 11 is 0. The van der Waals surface area contributed by atoms with Crippen molar-refractivity contribution in [3.05, 3.63) is 0 Å². The summed E-state index contributed by atoms with van der Waals surface area (Å²) in [5.41, 5.74) is 1.11. The van der Waals surface area contributed by atoms with E-state index < -0.39 is 6.09 Å². The number of hydrogen-bond acceptors (Lipinski definition) is 4. The molecular formula is C14H25N3O2. The van der Waals surface area contributed by atoms with Crippen LogP contribution in [0.3, 0.4) is 0 Å². The standard InChI is InChI=1S/C14H25N3O2/c1-4-7-15-14(18)19-16-13-11-6-5-10(8-11)12(13)9-17(2)3/h10-12H,4-9H2,1-3H3,(H,15,18)/b16-13+. The van der Waals surface area contributed by atoms with Crippen LogP contribution < -0.4 is 5.32 Å². The summed E-state index contributed by atoms with van der Waals surface area (Å²) in [5.74, 6) is 1.73. The average molecular weight is 267 g/mol. The molecule has 2 saturated carbocycles. The molecule has 0 aromatic heterocycles. The minimum absolute atomic E-state index is 0.430. The number of nitrogens with one attached hydrogen (secondary N) is 1. The fourth-order valence-corrected chi connectivity index (χ4v) is 3.33. The fourth-order valence-electron chi connectivity index (χ4n) is 3.33. The molecule has 1 N–H and O–H groups in total. The zero-order valence-electron chi connectivity index (χ0n) is 12.2. The summed E-state index contributed by atoms with van der Waals surface area (Å²) in [6.45, 7) is 3.64. The lowest BCUT2D eigenvalue weighted by atomic mass is 9.87. The molecule has 0 aromatic carbocycles. The Labute approximate surface area is 115 Å². The first-order valence-electron chi connectivity index (χ1n) is 7.29. The van der Waals surface area contributed by atoms with Crippen molar-refractivity contribution in [2.75, 3.05) is 27.2 Å². The zero-order chi connectivity index (χ0) is 13.8. The molecule has 0 saturated heterocycles. The molecule has 2 aliphatic rings. The Hall–Kier alpha value is -1.10. The lowest BCUT2D eigenvalue weighted by molar-refractivity contribution is 0.148. The van der Waals surface area contributed by atoms with E-state index in [0.29, 0.717) is 18.4 Å².